The molecule has 2 amide bonds. The van der Waals surface area contributed by atoms with Crippen LogP contribution in [0.2, 0.25) is 0 Å². The molecule has 2 aliphatic rings. The van der Waals surface area contributed by atoms with Gasteiger partial charge in [-0.2, -0.15) is 5.26 Å². The van der Waals surface area contributed by atoms with Gasteiger partial charge >= 0.3 is 6.09 Å². The second-order valence-corrected chi connectivity index (χ2v) is 5.22. The van der Waals surface area contributed by atoms with Gasteiger partial charge in [0.25, 0.3) is 0 Å². The van der Waals surface area contributed by atoms with Crippen molar-refractivity contribution >= 4 is 12.0 Å². The fraction of sp³-hybridized carbons (Fsp3) is 0.750. The van der Waals surface area contributed by atoms with Crippen molar-refractivity contribution < 1.29 is 14.7 Å². The summed E-state index contributed by atoms with van der Waals surface area (Å²) in [6, 6.07) is 2.09. The Hall–Kier alpha value is -1.77. The molecule has 0 radical (unpaired) electrons. The lowest BCUT2D eigenvalue weighted by Crippen LogP contribution is -2.61. The molecule has 2 rings (SSSR count). The first-order valence-corrected chi connectivity index (χ1v) is 6.27. The molecule has 6 nitrogen and oxygen atoms in total. The normalized spacial score (nSPS) is 23.5. The van der Waals surface area contributed by atoms with Gasteiger partial charge in [0.15, 0.2) is 0 Å². The number of carbonyl (C=O) groups excluding carboxylic acids is 1. The monoisotopic (exact) mass is 251 g/mol. The van der Waals surface area contributed by atoms with Crippen LogP contribution >= 0.6 is 0 Å². The Morgan fingerprint density at radius 2 is 1.67 bits per heavy atom. The summed E-state index contributed by atoms with van der Waals surface area (Å²) in [5.41, 5.74) is -1.79. The first-order valence-electron chi connectivity index (χ1n) is 6.27. The number of nitrogens with zero attached hydrogens (tertiary/aromatic N) is 1. The van der Waals surface area contributed by atoms with Gasteiger partial charge in [0.2, 0.25) is 5.91 Å². The van der Waals surface area contributed by atoms with Crippen molar-refractivity contribution in [1.29, 1.82) is 5.26 Å². The Morgan fingerprint density at radius 1 is 1.06 bits per heavy atom. The maximum absolute atomic E-state index is 12.3. The Morgan fingerprint density at radius 3 is 2.11 bits per heavy atom. The quantitative estimate of drug-likeness (QED) is 0.699. The minimum atomic E-state index is -1.19. The summed E-state index contributed by atoms with van der Waals surface area (Å²) in [6.07, 6.45) is 3.80. The van der Waals surface area contributed by atoms with Gasteiger partial charge in [-0.3, -0.25) is 4.79 Å². The van der Waals surface area contributed by atoms with Gasteiger partial charge in [0.1, 0.15) is 11.1 Å². The van der Waals surface area contributed by atoms with Crippen molar-refractivity contribution in [2.75, 3.05) is 0 Å². The van der Waals surface area contributed by atoms with E-state index in [1.54, 1.807) is 0 Å². The molecule has 0 aliphatic heterocycles. The van der Waals surface area contributed by atoms with Crippen LogP contribution in [0, 0.1) is 11.3 Å². The lowest BCUT2D eigenvalue weighted by molar-refractivity contribution is -0.129. The van der Waals surface area contributed by atoms with E-state index in [1.807, 2.05) is 0 Å². The van der Waals surface area contributed by atoms with E-state index in [9.17, 15) is 9.59 Å². The number of nitrogens with one attached hydrogen (secondary N) is 2. The molecule has 18 heavy (non-hydrogen) atoms. The maximum atomic E-state index is 12.3. The molecule has 0 unspecified atom stereocenters. The zero-order valence-corrected chi connectivity index (χ0v) is 10.2. The highest BCUT2D eigenvalue weighted by atomic mass is 16.4. The van der Waals surface area contributed by atoms with Crippen LogP contribution in [0.1, 0.15) is 44.9 Å². The van der Waals surface area contributed by atoms with Crippen LogP contribution in [-0.4, -0.2) is 28.2 Å². The van der Waals surface area contributed by atoms with E-state index in [2.05, 4.69) is 16.7 Å². The first kappa shape index (κ1) is 12.7. The summed E-state index contributed by atoms with van der Waals surface area (Å²) < 4.78 is 0. The van der Waals surface area contributed by atoms with E-state index in [0.29, 0.717) is 25.7 Å². The zero-order chi connectivity index (χ0) is 13.2. The molecule has 2 fully saturated rings. The summed E-state index contributed by atoms with van der Waals surface area (Å²) in [4.78, 5) is 23.2. The van der Waals surface area contributed by atoms with Crippen LogP contribution in [0.15, 0.2) is 0 Å². The molecule has 2 saturated carbocycles. The molecule has 6 heteroatoms. The fourth-order valence-corrected chi connectivity index (χ4v) is 2.50. The largest absolute Gasteiger partial charge is 0.465 e. The molecular weight excluding hydrogens is 234 g/mol. The Balaban J connectivity index is 2.10. The topological polar surface area (TPSA) is 102 Å². The maximum Gasteiger partial charge on any atom is 0.405 e. The summed E-state index contributed by atoms with van der Waals surface area (Å²) in [5, 5.41) is 22.9. The smallest absolute Gasteiger partial charge is 0.405 e. The summed E-state index contributed by atoms with van der Waals surface area (Å²) in [7, 11) is 0. The SMILES string of the molecule is N#CC1(NC(=O)C2(NC(=O)O)CCCCC2)CC1. The highest BCUT2D eigenvalue weighted by Gasteiger charge is 2.49. The zero-order valence-electron chi connectivity index (χ0n) is 10.2. The van der Waals surface area contributed by atoms with Crippen molar-refractivity contribution in [2.24, 2.45) is 0 Å². The van der Waals surface area contributed by atoms with Crippen molar-refractivity contribution in [3.8, 4) is 6.07 Å². The first-order chi connectivity index (χ1) is 8.52. The predicted octanol–water partition coefficient (Wildman–Crippen LogP) is 1.13. The minimum absolute atomic E-state index is 0.344. The molecule has 2 aliphatic carbocycles. The van der Waals surface area contributed by atoms with Gasteiger partial charge in [-0.15, -0.1) is 0 Å². The number of rotatable bonds is 3. The molecule has 3 N–H and O–H groups in total. The lowest BCUT2D eigenvalue weighted by Gasteiger charge is -2.36. The number of hydrogen-bond acceptors (Lipinski definition) is 3. The van der Waals surface area contributed by atoms with Gasteiger partial charge in [0.05, 0.1) is 6.07 Å². The average Bonchev–Trinajstić information content (AvgIpc) is 3.10. The fourth-order valence-electron chi connectivity index (χ4n) is 2.50. The third-order valence-corrected chi connectivity index (χ3v) is 3.80. The van der Waals surface area contributed by atoms with E-state index < -0.39 is 17.2 Å². The van der Waals surface area contributed by atoms with Gasteiger partial charge in [-0.1, -0.05) is 19.3 Å². The number of carbonyl (C=O) groups is 2. The molecular formula is C12H17N3O3. The Labute approximate surface area is 105 Å². The van der Waals surface area contributed by atoms with E-state index in [0.717, 1.165) is 19.3 Å². The second-order valence-electron chi connectivity index (χ2n) is 5.22. The Kier molecular flexibility index (Phi) is 3.16. The van der Waals surface area contributed by atoms with Gasteiger partial charge < -0.3 is 15.7 Å². The minimum Gasteiger partial charge on any atom is -0.465 e. The number of hydrogen-bond donors (Lipinski definition) is 3. The summed E-state index contributed by atoms with van der Waals surface area (Å²) in [5.74, 6) is -0.344. The summed E-state index contributed by atoms with van der Waals surface area (Å²) >= 11 is 0. The van der Waals surface area contributed by atoms with Gasteiger partial charge in [-0.05, 0) is 25.7 Å². The van der Waals surface area contributed by atoms with E-state index >= 15 is 0 Å². The van der Waals surface area contributed by atoms with Crippen LogP contribution in [0.5, 0.6) is 0 Å². The van der Waals surface area contributed by atoms with Crippen LogP contribution in [0.3, 0.4) is 0 Å². The Bertz CT molecular complexity index is 403. The summed E-state index contributed by atoms with van der Waals surface area (Å²) in [6.45, 7) is 0. The predicted molar refractivity (Wildman–Crippen MR) is 62.7 cm³/mol. The molecule has 0 atom stereocenters. The standard InChI is InChI=1S/C12H17N3O3/c13-8-11(6-7-11)14-9(16)12(15-10(17)18)4-2-1-3-5-12/h15H,1-7H2,(H,14,16)(H,17,18). The molecule has 0 aromatic rings. The third-order valence-electron chi connectivity index (χ3n) is 3.80. The van der Waals surface area contributed by atoms with E-state index in [4.69, 9.17) is 10.4 Å². The van der Waals surface area contributed by atoms with Crippen molar-refractivity contribution in [3.05, 3.63) is 0 Å². The molecule has 0 bridgehead atoms. The number of amides is 2. The molecule has 0 heterocycles. The van der Waals surface area contributed by atoms with Crippen LogP contribution in [0.25, 0.3) is 0 Å². The van der Waals surface area contributed by atoms with Gasteiger partial charge in [0, 0.05) is 0 Å². The van der Waals surface area contributed by atoms with Crippen molar-refractivity contribution in [2.45, 2.75) is 56.0 Å². The van der Waals surface area contributed by atoms with E-state index in [1.165, 1.54) is 0 Å². The van der Waals surface area contributed by atoms with Crippen LogP contribution in [-0.2, 0) is 4.79 Å². The molecule has 0 spiro atoms. The average molecular weight is 251 g/mol. The molecule has 0 aromatic heterocycles. The van der Waals surface area contributed by atoms with Crippen molar-refractivity contribution in [1.82, 2.24) is 10.6 Å². The molecule has 0 aromatic carbocycles. The second kappa shape index (κ2) is 4.48. The van der Waals surface area contributed by atoms with Crippen LogP contribution in [0.4, 0.5) is 4.79 Å². The highest BCUT2D eigenvalue weighted by molar-refractivity contribution is 5.90. The third kappa shape index (κ3) is 2.40. The molecule has 0 saturated heterocycles. The van der Waals surface area contributed by atoms with Crippen LogP contribution < -0.4 is 10.6 Å². The number of carboxylic acid groups (broad SMARTS) is 1. The molecule has 98 valence electrons. The lowest BCUT2D eigenvalue weighted by atomic mass is 9.80. The van der Waals surface area contributed by atoms with Gasteiger partial charge in [-0.25, -0.2) is 4.79 Å². The van der Waals surface area contributed by atoms with Crippen molar-refractivity contribution in [3.63, 3.8) is 0 Å². The highest BCUT2D eigenvalue weighted by Crippen LogP contribution is 2.36. The number of nitriles is 1. The van der Waals surface area contributed by atoms with E-state index in [-0.39, 0.29) is 5.91 Å².